The predicted octanol–water partition coefficient (Wildman–Crippen LogP) is 5.48. The number of hydrazine groups is 2. The van der Waals surface area contributed by atoms with Crippen molar-refractivity contribution < 1.29 is 9.59 Å². The number of hydrogen-bond acceptors (Lipinski definition) is 7. The highest BCUT2D eigenvalue weighted by atomic mass is 32.2. The molecular weight excluding hydrogens is 510 g/mol. The van der Waals surface area contributed by atoms with Crippen LogP contribution in [-0.4, -0.2) is 35.8 Å². The first-order valence-electron chi connectivity index (χ1n) is 13.2. The molecule has 0 saturated heterocycles. The number of amides is 3. The smallest absolute Gasteiger partial charge is 0.307 e. The highest BCUT2D eigenvalue weighted by molar-refractivity contribution is 7.98. The lowest BCUT2D eigenvalue weighted by Gasteiger charge is -2.29. The normalized spacial score (nSPS) is 15.3. The van der Waals surface area contributed by atoms with E-state index in [-0.39, 0.29) is 24.6 Å². The maximum Gasteiger partial charge on any atom is 0.327 e. The summed E-state index contributed by atoms with van der Waals surface area (Å²) in [5, 5.41) is 11.6. The Morgan fingerprint density at radius 3 is 2.49 bits per heavy atom. The maximum atomic E-state index is 13.6. The van der Waals surface area contributed by atoms with Crippen molar-refractivity contribution in [2.45, 2.75) is 42.9 Å². The monoisotopic (exact) mass is 543 g/mol. The van der Waals surface area contributed by atoms with Gasteiger partial charge in [-0.25, -0.2) is 15.3 Å². The number of rotatable bonds is 7. The minimum Gasteiger partial charge on any atom is -0.307 e. The van der Waals surface area contributed by atoms with Crippen LogP contribution in [0.2, 0.25) is 0 Å². The molecule has 1 heterocycles. The summed E-state index contributed by atoms with van der Waals surface area (Å²) >= 11 is 1.61. The topological polar surface area (TPSA) is 101 Å². The maximum absolute atomic E-state index is 13.6. The molecule has 0 aromatic heterocycles. The van der Waals surface area contributed by atoms with Gasteiger partial charge in [-0.2, -0.15) is 0 Å². The highest BCUT2D eigenvalue weighted by Gasteiger charge is 2.26. The van der Waals surface area contributed by atoms with Crippen molar-refractivity contribution >= 4 is 41.0 Å². The summed E-state index contributed by atoms with van der Waals surface area (Å²) < 4.78 is 0. The van der Waals surface area contributed by atoms with E-state index in [0.717, 1.165) is 10.6 Å². The number of hydrogen-bond donors (Lipinski definition) is 4. The van der Waals surface area contributed by atoms with Crippen LogP contribution >= 0.6 is 11.8 Å². The van der Waals surface area contributed by atoms with Gasteiger partial charge in [-0.15, -0.1) is 22.4 Å². The molecule has 3 aromatic rings. The first kappa shape index (κ1) is 26.6. The largest absolute Gasteiger partial charge is 0.327 e. The van der Waals surface area contributed by atoms with Crippen LogP contribution in [0.4, 0.5) is 16.2 Å². The number of anilines is 2. The van der Waals surface area contributed by atoms with Crippen molar-refractivity contribution in [3.8, 4) is 0 Å². The minimum atomic E-state index is -0.305. The van der Waals surface area contributed by atoms with Crippen LogP contribution in [0.15, 0.2) is 88.9 Å². The van der Waals surface area contributed by atoms with Crippen LogP contribution in [-0.2, 0) is 0 Å². The van der Waals surface area contributed by atoms with E-state index in [1.807, 2.05) is 48.7 Å². The van der Waals surface area contributed by atoms with Crippen molar-refractivity contribution in [2.75, 3.05) is 23.1 Å². The van der Waals surface area contributed by atoms with Gasteiger partial charge in [0.15, 0.2) is 0 Å². The third-order valence-electron chi connectivity index (χ3n) is 6.99. The van der Waals surface area contributed by atoms with Crippen molar-refractivity contribution in [1.29, 1.82) is 0 Å². The van der Waals surface area contributed by atoms with E-state index in [1.165, 1.54) is 37.7 Å². The molecule has 1 saturated carbocycles. The molecule has 3 amide bonds. The van der Waals surface area contributed by atoms with Crippen LogP contribution < -0.4 is 26.6 Å². The molecule has 2 aliphatic rings. The number of thioether (sulfide) groups is 1. The number of carbonyl (C=O) groups is 2. The van der Waals surface area contributed by atoms with Crippen LogP contribution in [0.1, 0.15) is 53.9 Å². The van der Waals surface area contributed by atoms with Crippen LogP contribution in [0.5, 0.6) is 0 Å². The molecule has 0 radical (unpaired) electrons. The fourth-order valence-corrected chi connectivity index (χ4v) is 5.33. The van der Waals surface area contributed by atoms with Gasteiger partial charge >= 0.3 is 6.03 Å². The van der Waals surface area contributed by atoms with Gasteiger partial charge in [0, 0.05) is 21.8 Å². The quantitative estimate of drug-likeness (QED) is 0.295. The van der Waals surface area contributed by atoms with Crippen LogP contribution in [0.25, 0.3) is 0 Å². The predicted molar refractivity (Wildman–Crippen MR) is 156 cm³/mol. The number of guanidine groups is 1. The zero-order valence-corrected chi connectivity index (χ0v) is 22.7. The number of hydrazone groups is 1. The Bertz CT molecular complexity index is 1310. The van der Waals surface area contributed by atoms with E-state index in [2.05, 4.69) is 38.9 Å². The molecule has 3 aromatic carbocycles. The molecular formula is C29H33N7O2S. The summed E-state index contributed by atoms with van der Waals surface area (Å²) in [5.41, 5.74) is 8.84. The fraction of sp³-hybridized carbons (Fsp3) is 0.276. The fourth-order valence-electron chi connectivity index (χ4n) is 4.87. The molecule has 0 atom stereocenters. The molecule has 4 N–H and O–H groups in total. The molecule has 0 bridgehead atoms. The van der Waals surface area contributed by atoms with Gasteiger partial charge < -0.3 is 5.32 Å². The van der Waals surface area contributed by atoms with Gasteiger partial charge in [0.2, 0.25) is 5.96 Å². The summed E-state index contributed by atoms with van der Waals surface area (Å²) in [4.78, 5) is 29.1. The standard InChI is InChI=1S/C29H33N7O2S/c1-39-26-14-8-13-24(19-26)30-29(38)35(25-17-15-22(16-18-25)21-9-4-2-5-10-21)20-36-28(32-33-34-36)31-27(37)23-11-6-3-7-12-23/h3,6-8,11-19,21,33-34H,2,4-5,9-10,20H2,1H3,(H,30,38)(H,31,32,37). The number of benzene rings is 3. The van der Waals surface area contributed by atoms with Crippen molar-refractivity contribution in [1.82, 2.24) is 21.4 Å². The number of nitrogens with one attached hydrogen (secondary N) is 4. The number of carbonyl (C=O) groups excluding carboxylic acids is 2. The Labute approximate surface area is 233 Å². The zero-order chi connectivity index (χ0) is 27.0. The van der Waals surface area contributed by atoms with Crippen LogP contribution in [0.3, 0.4) is 0 Å². The zero-order valence-electron chi connectivity index (χ0n) is 21.9. The number of urea groups is 1. The Hall–Kier alpha value is -4.02. The molecule has 10 heteroatoms. The first-order valence-corrected chi connectivity index (χ1v) is 14.4. The minimum absolute atomic E-state index is 0.0811. The van der Waals surface area contributed by atoms with Gasteiger partial charge in [-0.3, -0.25) is 15.0 Å². The molecule has 1 aliphatic carbocycles. The van der Waals surface area contributed by atoms with Gasteiger partial charge in [-0.05, 0) is 73.0 Å². The summed E-state index contributed by atoms with van der Waals surface area (Å²) in [6, 6.07) is 24.6. The number of nitrogens with zero attached hydrogens (tertiary/aromatic N) is 3. The summed E-state index contributed by atoms with van der Waals surface area (Å²) in [6.45, 7) is 0.0811. The van der Waals surface area contributed by atoms with Gasteiger partial charge in [0.25, 0.3) is 5.91 Å². The van der Waals surface area contributed by atoms with Crippen molar-refractivity contribution in [2.24, 2.45) is 5.10 Å². The van der Waals surface area contributed by atoms with Crippen LogP contribution in [0, 0.1) is 0 Å². The Morgan fingerprint density at radius 1 is 0.974 bits per heavy atom. The lowest BCUT2D eigenvalue weighted by molar-refractivity contribution is 0.0971. The lowest BCUT2D eigenvalue weighted by Crippen LogP contribution is -2.54. The second kappa shape index (κ2) is 12.7. The van der Waals surface area contributed by atoms with E-state index in [0.29, 0.717) is 17.2 Å². The average Bonchev–Trinajstić information content (AvgIpc) is 3.43. The second-order valence-electron chi connectivity index (χ2n) is 9.57. The van der Waals surface area contributed by atoms with Crippen molar-refractivity contribution in [3.05, 3.63) is 90.0 Å². The van der Waals surface area contributed by atoms with E-state index < -0.39 is 0 Å². The molecule has 202 valence electrons. The molecule has 0 unspecified atom stereocenters. The third-order valence-corrected chi connectivity index (χ3v) is 7.72. The summed E-state index contributed by atoms with van der Waals surface area (Å²) in [7, 11) is 0. The summed E-state index contributed by atoms with van der Waals surface area (Å²) in [5.74, 6) is 0.525. The molecule has 0 spiro atoms. The average molecular weight is 544 g/mol. The second-order valence-corrected chi connectivity index (χ2v) is 10.4. The molecule has 1 aliphatic heterocycles. The summed E-state index contributed by atoms with van der Waals surface area (Å²) in [6.07, 6.45) is 8.25. The first-order chi connectivity index (χ1) is 19.1. The molecule has 9 nitrogen and oxygen atoms in total. The third kappa shape index (κ3) is 6.71. The van der Waals surface area contributed by atoms with Gasteiger partial charge in [0.05, 0.1) is 0 Å². The van der Waals surface area contributed by atoms with Gasteiger partial charge in [-0.1, -0.05) is 55.7 Å². The van der Waals surface area contributed by atoms with E-state index in [9.17, 15) is 9.59 Å². The van der Waals surface area contributed by atoms with Crippen molar-refractivity contribution in [3.63, 3.8) is 0 Å². The van der Waals surface area contributed by atoms with E-state index in [1.54, 1.807) is 45.9 Å². The van der Waals surface area contributed by atoms with E-state index >= 15 is 0 Å². The van der Waals surface area contributed by atoms with Gasteiger partial charge in [0.1, 0.15) is 6.67 Å². The molecule has 1 fully saturated rings. The molecule has 5 rings (SSSR count). The molecule has 39 heavy (non-hydrogen) atoms. The van der Waals surface area contributed by atoms with E-state index in [4.69, 9.17) is 0 Å². The SMILES string of the molecule is CSc1cccc(NC(=O)N(CN2NNN=C2NC(=O)c2ccccc2)c2ccc(C3CCCCC3)cc2)c1. The lowest BCUT2D eigenvalue weighted by atomic mass is 9.84. The Morgan fingerprint density at radius 2 is 1.74 bits per heavy atom. The highest BCUT2D eigenvalue weighted by Crippen LogP contribution is 2.33. The Kier molecular flexibility index (Phi) is 8.65. The Balaban J connectivity index is 1.35.